The Bertz CT molecular complexity index is 709. The third kappa shape index (κ3) is 4.09. The van der Waals surface area contributed by atoms with Crippen LogP contribution in [-0.2, 0) is 4.74 Å². The van der Waals surface area contributed by atoms with Crippen molar-refractivity contribution in [3.63, 3.8) is 0 Å². The Morgan fingerprint density at radius 3 is 2.92 bits per heavy atom. The first kappa shape index (κ1) is 18.7. The van der Waals surface area contributed by atoms with Crippen LogP contribution in [0.25, 0.3) is 0 Å². The van der Waals surface area contributed by atoms with Crippen LogP contribution in [0.15, 0.2) is 47.2 Å². The number of aliphatic imine (C=N–C) groups is 1. The highest BCUT2D eigenvalue weighted by molar-refractivity contribution is 5.95. The molecule has 1 N–H and O–H groups in total. The number of methoxy groups -OCH3 is 1. The first-order chi connectivity index (χ1) is 12.0. The van der Waals surface area contributed by atoms with Gasteiger partial charge in [0.1, 0.15) is 18.0 Å². The first-order valence-corrected chi connectivity index (χ1v) is 8.10. The van der Waals surface area contributed by atoms with Crippen molar-refractivity contribution in [2.24, 2.45) is 4.99 Å². The van der Waals surface area contributed by atoms with E-state index in [-0.39, 0.29) is 19.3 Å². The lowest BCUT2D eigenvalue weighted by molar-refractivity contribution is 0.0594. The van der Waals surface area contributed by atoms with E-state index in [1.165, 1.54) is 7.11 Å². The van der Waals surface area contributed by atoms with E-state index >= 15 is 0 Å². The highest BCUT2D eigenvalue weighted by atomic mass is 16.5. The number of fused-ring (bicyclic) bond motifs is 1. The molecule has 0 aliphatic carbocycles. The Labute approximate surface area is 148 Å². The van der Waals surface area contributed by atoms with Crippen LogP contribution in [0.4, 0.5) is 5.69 Å². The molecular formula is C19H24N2O4. The zero-order valence-electron chi connectivity index (χ0n) is 14.9. The first-order valence-electron chi connectivity index (χ1n) is 8.10. The normalized spacial score (nSPS) is 17.2. The van der Waals surface area contributed by atoms with Gasteiger partial charge in [-0.3, -0.25) is 0 Å². The highest BCUT2D eigenvalue weighted by Crippen LogP contribution is 2.39. The van der Waals surface area contributed by atoms with Crippen molar-refractivity contribution in [3.05, 3.63) is 47.8 Å². The molecule has 0 saturated carbocycles. The Hall–Kier alpha value is -2.60. The SMILES string of the molecule is C=C(C)CC=N/C(=C\C)N1c2cccc(C(=O)OC)c2OC[C@@H]1CO. The van der Waals surface area contributed by atoms with E-state index < -0.39 is 5.97 Å². The molecule has 0 aromatic heterocycles. The summed E-state index contributed by atoms with van der Waals surface area (Å²) >= 11 is 0. The van der Waals surface area contributed by atoms with Gasteiger partial charge in [-0.15, -0.1) is 0 Å². The number of carbonyl (C=O) groups excluding carboxylic acids is 1. The molecule has 0 radical (unpaired) electrons. The monoisotopic (exact) mass is 344 g/mol. The van der Waals surface area contributed by atoms with Gasteiger partial charge in [0.2, 0.25) is 0 Å². The Balaban J connectivity index is 2.48. The molecule has 0 unspecified atom stereocenters. The highest BCUT2D eigenvalue weighted by Gasteiger charge is 2.32. The van der Waals surface area contributed by atoms with Crippen molar-refractivity contribution >= 4 is 17.9 Å². The van der Waals surface area contributed by atoms with Crippen molar-refractivity contribution in [1.82, 2.24) is 0 Å². The molecule has 6 heteroatoms. The molecule has 1 aromatic rings. The van der Waals surface area contributed by atoms with Crippen molar-refractivity contribution in [3.8, 4) is 5.75 Å². The molecule has 1 aliphatic rings. The Kier molecular flexibility index (Phi) is 6.36. The molecule has 25 heavy (non-hydrogen) atoms. The standard InChI is InChI=1S/C19H24N2O4/c1-5-17(20-10-9-13(2)3)21-14(11-22)12-25-18-15(19(23)24-4)7-6-8-16(18)21/h5-8,10,14,22H,2,9,11-12H2,1,3-4H3/b17-5+,20-10?/t14-/m0/s1. The summed E-state index contributed by atoms with van der Waals surface area (Å²) in [7, 11) is 1.33. The lowest BCUT2D eigenvalue weighted by Crippen LogP contribution is -2.45. The van der Waals surface area contributed by atoms with Gasteiger partial charge in [-0.05, 0) is 32.1 Å². The predicted molar refractivity (Wildman–Crippen MR) is 98.3 cm³/mol. The molecule has 6 nitrogen and oxygen atoms in total. The van der Waals surface area contributed by atoms with Crippen molar-refractivity contribution in [2.45, 2.75) is 26.3 Å². The number of nitrogens with zero attached hydrogens (tertiary/aromatic N) is 2. The number of esters is 1. The number of ether oxygens (including phenoxy) is 2. The van der Waals surface area contributed by atoms with Crippen LogP contribution in [0, 0.1) is 0 Å². The number of aliphatic hydroxyl groups excluding tert-OH is 1. The molecule has 0 spiro atoms. The molecule has 1 atom stereocenters. The number of anilines is 1. The number of allylic oxidation sites excluding steroid dienone is 2. The topological polar surface area (TPSA) is 71.4 Å². The molecule has 0 fully saturated rings. The van der Waals surface area contributed by atoms with Crippen LogP contribution in [-0.4, -0.2) is 43.7 Å². The molecule has 1 aliphatic heterocycles. The second-order valence-electron chi connectivity index (χ2n) is 5.78. The quantitative estimate of drug-likeness (QED) is 0.488. The fourth-order valence-electron chi connectivity index (χ4n) is 2.60. The summed E-state index contributed by atoms with van der Waals surface area (Å²) < 4.78 is 10.6. The number of aliphatic hydroxyl groups is 1. The Morgan fingerprint density at radius 2 is 2.32 bits per heavy atom. The summed E-state index contributed by atoms with van der Waals surface area (Å²) in [5, 5.41) is 9.76. The van der Waals surface area contributed by atoms with Gasteiger partial charge in [-0.1, -0.05) is 18.2 Å². The van der Waals surface area contributed by atoms with Crippen molar-refractivity contribution in [1.29, 1.82) is 0 Å². The molecule has 1 aromatic carbocycles. The van der Waals surface area contributed by atoms with Gasteiger partial charge in [0, 0.05) is 12.6 Å². The minimum Gasteiger partial charge on any atom is -0.488 e. The molecule has 1 heterocycles. The average Bonchev–Trinajstić information content (AvgIpc) is 2.63. The molecule has 0 amide bonds. The fourth-order valence-corrected chi connectivity index (χ4v) is 2.60. The van der Waals surface area contributed by atoms with Crippen LogP contribution in [0.5, 0.6) is 5.75 Å². The van der Waals surface area contributed by atoms with Crippen LogP contribution < -0.4 is 9.64 Å². The number of hydrogen-bond acceptors (Lipinski definition) is 6. The van der Waals surface area contributed by atoms with Gasteiger partial charge in [0.05, 0.1) is 25.4 Å². The maximum atomic E-state index is 12.0. The smallest absolute Gasteiger partial charge is 0.341 e. The van der Waals surface area contributed by atoms with Gasteiger partial charge >= 0.3 is 5.97 Å². The van der Waals surface area contributed by atoms with E-state index in [1.807, 2.05) is 30.9 Å². The summed E-state index contributed by atoms with van der Waals surface area (Å²) in [6.45, 7) is 7.81. The molecular weight excluding hydrogens is 320 g/mol. The number of rotatable bonds is 6. The lowest BCUT2D eigenvalue weighted by Gasteiger charge is -2.38. The summed E-state index contributed by atoms with van der Waals surface area (Å²) in [5.74, 6) is 0.646. The van der Waals surface area contributed by atoms with Crippen LogP contribution in [0.1, 0.15) is 30.6 Å². The number of carbonyl (C=O) groups is 1. The number of para-hydroxylation sites is 1. The largest absolute Gasteiger partial charge is 0.488 e. The zero-order valence-corrected chi connectivity index (χ0v) is 14.9. The van der Waals surface area contributed by atoms with Crippen LogP contribution >= 0.6 is 0 Å². The summed E-state index contributed by atoms with van der Waals surface area (Å²) in [5.41, 5.74) is 2.03. The third-order valence-corrected chi connectivity index (χ3v) is 3.82. The van der Waals surface area contributed by atoms with E-state index in [4.69, 9.17) is 9.47 Å². The predicted octanol–water partition coefficient (Wildman–Crippen LogP) is 2.93. The second-order valence-corrected chi connectivity index (χ2v) is 5.78. The second kappa shape index (κ2) is 8.48. The van der Waals surface area contributed by atoms with E-state index in [0.717, 1.165) is 5.57 Å². The molecule has 0 saturated heterocycles. The third-order valence-electron chi connectivity index (χ3n) is 3.82. The maximum Gasteiger partial charge on any atom is 0.341 e. The summed E-state index contributed by atoms with van der Waals surface area (Å²) in [6.07, 6.45) is 4.31. The van der Waals surface area contributed by atoms with Gasteiger partial charge in [-0.2, -0.15) is 0 Å². The van der Waals surface area contributed by atoms with Gasteiger partial charge in [0.25, 0.3) is 0 Å². The van der Waals surface area contributed by atoms with E-state index in [2.05, 4.69) is 11.6 Å². The Morgan fingerprint density at radius 1 is 1.56 bits per heavy atom. The van der Waals surface area contributed by atoms with Crippen LogP contribution in [0.3, 0.4) is 0 Å². The lowest BCUT2D eigenvalue weighted by atomic mass is 10.1. The fraction of sp³-hybridized carbons (Fsp3) is 0.368. The van der Waals surface area contributed by atoms with Crippen LogP contribution in [0.2, 0.25) is 0 Å². The molecule has 0 bridgehead atoms. The number of hydrogen-bond donors (Lipinski definition) is 1. The van der Waals surface area contributed by atoms with E-state index in [1.54, 1.807) is 18.3 Å². The van der Waals surface area contributed by atoms with Crippen molar-refractivity contribution < 1.29 is 19.4 Å². The van der Waals surface area contributed by atoms with E-state index in [9.17, 15) is 9.90 Å². The zero-order chi connectivity index (χ0) is 18.4. The summed E-state index contributed by atoms with van der Waals surface area (Å²) in [6, 6.07) is 4.95. The van der Waals surface area contributed by atoms with Gasteiger partial charge in [-0.25, -0.2) is 9.79 Å². The maximum absolute atomic E-state index is 12.0. The average molecular weight is 344 g/mol. The molecule has 134 valence electrons. The van der Waals surface area contributed by atoms with Gasteiger partial charge in [0.15, 0.2) is 5.75 Å². The minimum atomic E-state index is -0.466. The molecule has 2 rings (SSSR count). The minimum absolute atomic E-state index is 0.102. The summed E-state index contributed by atoms with van der Waals surface area (Å²) in [4.78, 5) is 18.4. The van der Waals surface area contributed by atoms with Crippen molar-refractivity contribution in [2.75, 3.05) is 25.2 Å². The van der Waals surface area contributed by atoms with Gasteiger partial charge < -0.3 is 19.5 Å². The van der Waals surface area contributed by atoms with E-state index in [0.29, 0.717) is 29.2 Å². The number of benzene rings is 1.